The lowest BCUT2D eigenvalue weighted by Crippen LogP contribution is -2.35. The highest BCUT2D eigenvalue weighted by Crippen LogP contribution is 2.27. The number of nitrogens with zero attached hydrogens (tertiary/aromatic N) is 3. The molecule has 0 radical (unpaired) electrons. The van der Waals surface area contributed by atoms with E-state index in [0.717, 1.165) is 12.3 Å². The number of hydrogen-bond donors (Lipinski definition) is 2. The zero-order valence-corrected chi connectivity index (χ0v) is 9.11. The van der Waals surface area contributed by atoms with Gasteiger partial charge < -0.3 is 16.4 Å². The molecule has 0 saturated carbocycles. The first kappa shape index (κ1) is 13.7. The van der Waals surface area contributed by atoms with Gasteiger partial charge in [0.1, 0.15) is 5.69 Å². The Morgan fingerprint density at radius 3 is 2.24 bits per heavy atom. The lowest BCUT2D eigenvalue weighted by atomic mass is 10.4. The van der Waals surface area contributed by atoms with E-state index in [2.05, 4.69) is 9.97 Å². The summed E-state index contributed by atoms with van der Waals surface area (Å²) in [6.07, 6.45) is -3.40. The van der Waals surface area contributed by atoms with Crippen LogP contribution >= 0.6 is 0 Å². The van der Waals surface area contributed by atoms with E-state index >= 15 is 0 Å². The first-order chi connectivity index (χ1) is 7.99. The average molecular weight is 249 g/mol. The highest BCUT2D eigenvalue weighted by molar-refractivity contribution is 5.30. The van der Waals surface area contributed by atoms with Gasteiger partial charge in [0, 0.05) is 32.4 Å². The van der Waals surface area contributed by atoms with Gasteiger partial charge in [0.15, 0.2) is 0 Å². The molecule has 5 nitrogen and oxygen atoms in total. The number of aromatic nitrogens is 2. The van der Waals surface area contributed by atoms with Crippen molar-refractivity contribution < 1.29 is 13.2 Å². The second kappa shape index (κ2) is 5.78. The summed E-state index contributed by atoms with van der Waals surface area (Å²) in [5, 5.41) is 0. The van der Waals surface area contributed by atoms with Crippen LogP contribution in [0.25, 0.3) is 0 Å². The Bertz CT molecular complexity index is 349. The van der Waals surface area contributed by atoms with Gasteiger partial charge in [-0.3, -0.25) is 0 Å². The maximum Gasteiger partial charge on any atom is 0.433 e. The van der Waals surface area contributed by atoms with Gasteiger partial charge in [-0.2, -0.15) is 13.2 Å². The van der Waals surface area contributed by atoms with Crippen molar-refractivity contribution >= 4 is 5.95 Å². The predicted octanol–water partition coefficient (Wildman–Crippen LogP) is 0.219. The molecule has 1 aromatic rings. The fourth-order valence-corrected chi connectivity index (χ4v) is 1.28. The van der Waals surface area contributed by atoms with E-state index in [1.807, 2.05) is 0 Å². The van der Waals surface area contributed by atoms with Gasteiger partial charge in [0.05, 0.1) is 0 Å². The van der Waals surface area contributed by atoms with Crippen molar-refractivity contribution in [1.29, 1.82) is 0 Å². The Morgan fingerprint density at radius 2 is 1.76 bits per heavy atom. The van der Waals surface area contributed by atoms with Crippen molar-refractivity contribution in [2.75, 3.05) is 31.1 Å². The third-order valence-corrected chi connectivity index (χ3v) is 2.01. The minimum absolute atomic E-state index is 0.00396. The molecule has 0 unspecified atom stereocenters. The standard InChI is InChI=1S/C9H14F3N5/c10-9(11,12)7-1-4-15-8(16-7)17(5-2-13)6-3-14/h1,4H,2-3,5-6,13-14H2. The fourth-order valence-electron chi connectivity index (χ4n) is 1.28. The van der Waals surface area contributed by atoms with E-state index in [4.69, 9.17) is 11.5 Å². The molecule has 0 amide bonds. The smallest absolute Gasteiger partial charge is 0.338 e. The van der Waals surface area contributed by atoms with E-state index in [1.165, 1.54) is 4.90 Å². The molecule has 0 aromatic carbocycles. The quantitative estimate of drug-likeness (QED) is 0.780. The molecule has 1 heterocycles. The third-order valence-electron chi connectivity index (χ3n) is 2.01. The summed E-state index contributed by atoms with van der Waals surface area (Å²) in [4.78, 5) is 8.78. The van der Waals surface area contributed by atoms with Crippen LogP contribution in [0, 0.1) is 0 Å². The Balaban J connectivity index is 2.95. The van der Waals surface area contributed by atoms with Gasteiger partial charge in [-0.25, -0.2) is 9.97 Å². The number of rotatable bonds is 5. The Labute approximate surface area is 96.6 Å². The number of nitrogens with two attached hydrogens (primary N) is 2. The molecule has 8 heteroatoms. The molecule has 0 atom stereocenters. The van der Waals surface area contributed by atoms with Crippen molar-refractivity contribution in [3.63, 3.8) is 0 Å². The average Bonchev–Trinajstić information content (AvgIpc) is 2.28. The van der Waals surface area contributed by atoms with Crippen LogP contribution in [0.1, 0.15) is 5.69 Å². The molecule has 96 valence electrons. The molecule has 17 heavy (non-hydrogen) atoms. The summed E-state index contributed by atoms with van der Waals surface area (Å²) in [5.74, 6) is -0.00396. The third kappa shape index (κ3) is 3.82. The molecular weight excluding hydrogens is 235 g/mol. The van der Waals surface area contributed by atoms with Crippen molar-refractivity contribution in [3.05, 3.63) is 18.0 Å². The van der Waals surface area contributed by atoms with E-state index in [9.17, 15) is 13.2 Å². The monoisotopic (exact) mass is 249 g/mol. The first-order valence-electron chi connectivity index (χ1n) is 5.04. The molecule has 0 bridgehead atoms. The molecule has 0 aliphatic heterocycles. The summed E-state index contributed by atoms with van der Waals surface area (Å²) in [5.41, 5.74) is 9.75. The van der Waals surface area contributed by atoms with Crippen LogP contribution in [0.2, 0.25) is 0 Å². The molecule has 0 aliphatic rings. The highest BCUT2D eigenvalue weighted by atomic mass is 19.4. The molecule has 0 spiro atoms. The molecule has 0 fully saturated rings. The molecule has 1 aromatic heterocycles. The normalized spacial score (nSPS) is 11.6. The van der Waals surface area contributed by atoms with Crippen LogP contribution < -0.4 is 16.4 Å². The van der Waals surface area contributed by atoms with Crippen LogP contribution in [0.5, 0.6) is 0 Å². The maximum atomic E-state index is 12.4. The zero-order valence-electron chi connectivity index (χ0n) is 9.11. The van der Waals surface area contributed by atoms with Crippen LogP contribution in [-0.2, 0) is 6.18 Å². The zero-order chi connectivity index (χ0) is 12.9. The lowest BCUT2D eigenvalue weighted by molar-refractivity contribution is -0.141. The topological polar surface area (TPSA) is 81.1 Å². The summed E-state index contributed by atoms with van der Waals surface area (Å²) < 4.78 is 37.3. The lowest BCUT2D eigenvalue weighted by Gasteiger charge is -2.21. The van der Waals surface area contributed by atoms with Crippen molar-refractivity contribution in [2.45, 2.75) is 6.18 Å². The van der Waals surface area contributed by atoms with Gasteiger partial charge in [-0.15, -0.1) is 0 Å². The summed E-state index contributed by atoms with van der Waals surface area (Å²) in [7, 11) is 0. The Hall–Kier alpha value is -1.41. The number of hydrogen-bond acceptors (Lipinski definition) is 5. The van der Waals surface area contributed by atoms with E-state index in [1.54, 1.807) is 0 Å². The molecule has 0 aliphatic carbocycles. The van der Waals surface area contributed by atoms with Crippen LogP contribution in [0.3, 0.4) is 0 Å². The van der Waals surface area contributed by atoms with Crippen LogP contribution in [0.4, 0.5) is 19.1 Å². The minimum Gasteiger partial charge on any atom is -0.338 e. The molecule has 4 N–H and O–H groups in total. The van der Waals surface area contributed by atoms with Crippen molar-refractivity contribution in [2.24, 2.45) is 11.5 Å². The van der Waals surface area contributed by atoms with E-state index in [-0.39, 0.29) is 5.95 Å². The highest BCUT2D eigenvalue weighted by Gasteiger charge is 2.33. The van der Waals surface area contributed by atoms with Gasteiger partial charge in [-0.1, -0.05) is 0 Å². The van der Waals surface area contributed by atoms with E-state index in [0.29, 0.717) is 26.2 Å². The largest absolute Gasteiger partial charge is 0.433 e. The molecular formula is C9H14F3N5. The van der Waals surface area contributed by atoms with Crippen LogP contribution in [0.15, 0.2) is 12.3 Å². The van der Waals surface area contributed by atoms with Crippen molar-refractivity contribution in [3.8, 4) is 0 Å². The van der Waals surface area contributed by atoms with Gasteiger partial charge in [0.25, 0.3) is 0 Å². The predicted molar refractivity (Wildman–Crippen MR) is 57.4 cm³/mol. The summed E-state index contributed by atoms with van der Waals surface area (Å²) >= 11 is 0. The minimum atomic E-state index is -4.48. The second-order valence-electron chi connectivity index (χ2n) is 3.30. The van der Waals surface area contributed by atoms with Gasteiger partial charge >= 0.3 is 6.18 Å². The van der Waals surface area contributed by atoms with E-state index < -0.39 is 11.9 Å². The number of alkyl halides is 3. The number of anilines is 1. The van der Waals surface area contributed by atoms with Crippen LogP contribution in [-0.4, -0.2) is 36.1 Å². The summed E-state index contributed by atoms with van der Waals surface area (Å²) in [6, 6.07) is 0.826. The maximum absolute atomic E-state index is 12.4. The number of halogens is 3. The van der Waals surface area contributed by atoms with Crippen molar-refractivity contribution in [1.82, 2.24) is 9.97 Å². The van der Waals surface area contributed by atoms with Gasteiger partial charge in [-0.05, 0) is 6.07 Å². The SMILES string of the molecule is NCCN(CCN)c1nccc(C(F)(F)F)n1. The Morgan fingerprint density at radius 1 is 1.18 bits per heavy atom. The second-order valence-corrected chi connectivity index (χ2v) is 3.30. The van der Waals surface area contributed by atoms with Gasteiger partial charge in [0.2, 0.25) is 5.95 Å². The fraction of sp³-hybridized carbons (Fsp3) is 0.556. The Kier molecular flexibility index (Phi) is 4.64. The summed E-state index contributed by atoms with van der Waals surface area (Å²) in [6.45, 7) is 1.30. The molecule has 1 rings (SSSR count). The molecule has 0 saturated heterocycles. The first-order valence-corrected chi connectivity index (χ1v) is 5.04.